The SMILES string of the molecule is COc1ncnc2ccc(Nc3nnc(C(C)OC)s3)cc12.O=CO. The van der Waals surface area contributed by atoms with Crippen LogP contribution < -0.4 is 10.1 Å². The van der Waals surface area contributed by atoms with Crippen LogP contribution in [0.2, 0.25) is 0 Å². The van der Waals surface area contributed by atoms with Gasteiger partial charge in [-0.2, -0.15) is 0 Å². The highest BCUT2D eigenvalue weighted by Crippen LogP contribution is 2.29. The van der Waals surface area contributed by atoms with Gasteiger partial charge in [0, 0.05) is 12.8 Å². The van der Waals surface area contributed by atoms with Crippen LogP contribution in [0.5, 0.6) is 5.88 Å². The summed E-state index contributed by atoms with van der Waals surface area (Å²) in [6, 6.07) is 5.76. The fourth-order valence-electron chi connectivity index (χ4n) is 1.95. The van der Waals surface area contributed by atoms with Gasteiger partial charge in [0.15, 0.2) is 0 Å². The number of rotatable bonds is 5. The normalized spacial score (nSPS) is 11.3. The molecule has 2 aromatic heterocycles. The van der Waals surface area contributed by atoms with E-state index < -0.39 is 0 Å². The first-order chi connectivity index (χ1) is 12.1. The molecule has 0 saturated carbocycles. The van der Waals surface area contributed by atoms with Crippen LogP contribution in [-0.2, 0) is 9.53 Å². The Kier molecular flexibility index (Phi) is 6.54. The highest BCUT2D eigenvalue weighted by molar-refractivity contribution is 7.15. The second-order valence-corrected chi connectivity index (χ2v) is 5.68. The highest BCUT2D eigenvalue weighted by atomic mass is 32.1. The van der Waals surface area contributed by atoms with Crippen LogP contribution in [0.1, 0.15) is 18.0 Å². The summed E-state index contributed by atoms with van der Waals surface area (Å²) in [6.45, 7) is 1.68. The van der Waals surface area contributed by atoms with Crippen molar-refractivity contribution in [3.8, 4) is 5.88 Å². The van der Waals surface area contributed by atoms with Crippen molar-refractivity contribution in [1.82, 2.24) is 20.2 Å². The lowest BCUT2D eigenvalue weighted by Crippen LogP contribution is -1.94. The smallest absolute Gasteiger partial charge is 0.290 e. The Morgan fingerprint density at radius 1 is 1.28 bits per heavy atom. The molecule has 0 radical (unpaired) electrons. The van der Waals surface area contributed by atoms with Gasteiger partial charge in [-0.3, -0.25) is 4.79 Å². The molecule has 0 amide bonds. The number of aromatic nitrogens is 4. The molecule has 10 heteroatoms. The number of nitrogens with one attached hydrogen (secondary N) is 1. The van der Waals surface area contributed by atoms with Crippen LogP contribution in [0.15, 0.2) is 24.5 Å². The largest absolute Gasteiger partial charge is 0.483 e. The quantitative estimate of drug-likeness (QED) is 0.659. The van der Waals surface area contributed by atoms with Crippen molar-refractivity contribution < 1.29 is 19.4 Å². The minimum absolute atomic E-state index is 0.0712. The molecule has 0 bridgehead atoms. The fourth-order valence-corrected chi connectivity index (χ4v) is 2.74. The number of methoxy groups -OCH3 is 2. The van der Waals surface area contributed by atoms with Gasteiger partial charge in [0.05, 0.1) is 18.0 Å². The molecular weight excluding hydrogens is 346 g/mol. The van der Waals surface area contributed by atoms with Crippen LogP contribution in [0, 0.1) is 0 Å². The van der Waals surface area contributed by atoms with Crippen molar-refractivity contribution in [3.05, 3.63) is 29.5 Å². The number of carboxylic acid groups (broad SMARTS) is 1. The average molecular weight is 363 g/mol. The lowest BCUT2D eigenvalue weighted by atomic mass is 10.2. The third-order valence-corrected chi connectivity index (χ3v) is 4.19. The van der Waals surface area contributed by atoms with E-state index in [9.17, 15) is 0 Å². The van der Waals surface area contributed by atoms with Gasteiger partial charge in [-0.05, 0) is 25.1 Å². The molecule has 0 aliphatic rings. The van der Waals surface area contributed by atoms with E-state index in [2.05, 4.69) is 25.5 Å². The molecule has 1 unspecified atom stereocenters. The lowest BCUT2D eigenvalue weighted by Gasteiger charge is -2.06. The number of benzene rings is 1. The van der Waals surface area contributed by atoms with Crippen LogP contribution >= 0.6 is 11.3 Å². The van der Waals surface area contributed by atoms with Crippen molar-refractivity contribution in [1.29, 1.82) is 0 Å². The Morgan fingerprint density at radius 3 is 2.72 bits per heavy atom. The first kappa shape index (κ1) is 18.5. The molecule has 132 valence electrons. The van der Waals surface area contributed by atoms with Gasteiger partial charge in [0.1, 0.15) is 17.4 Å². The first-order valence-corrected chi connectivity index (χ1v) is 7.94. The minimum Gasteiger partial charge on any atom is -0.483 e. The number of hydrogen-bond acceptors (Lipinski definition) is 9. The van der Waals surface area contributed by atoms with Crippen LogP contribution in [0.3, 0.4) is 0 Å². The maximum absolute atomic E-state index is 8.36. The van der Waals surface area contributed by atoms with Crippen molar-refractivity contribution >= 4 is 39.5 Å². The predicted molar refractivity (Wildman–Crippen MR) is 93.4 cm³/mol. The molecular formula is C15H17N5O4S. The van der Waals surface area contributed by atoms with Gasteiger partial charge in [-0.1, -0.05) is 11.3 Å². The molecule has 0 aliphatic heterocycles. The van der Waals surface area contributed by atoms with E-state index in [4.69, 9.17) is 19.4 Å². The predicted octanol–water partition coefficient (Wildman–Crippen LogP) is 2.64. The summed E-state index contributed by atoms with van der Waals surface area (Å²) in [5.41, 5.74) is 1.69. The molecule has 3 aromatic rings. The van der Waals surface area contributed by atoms with Gasteiger partial charge in [0.2, 0.25) is 11.0 Å². The minimum atomic E-state index is -0.250. The van der Waals surface area contributed by atoms with E-state index in [1.165, 1.54) is 17.7 Å². The molecule has 2 heterocycles. The monoisotopic (exact) mass is 363 g/mol. The summed E-state index contributed by atoms with van der Waals surface area (Å²) in [6.07, 6.45) is 1.41. The van der Waals surface area contributed by atoms with Crippen LogP contribution in [0.25, 0.3) is 10.9 Å². The van der Waals surface area contributed by atoms with E-state index in [0.29, 0.717) is 11.0 Å². The van der Waals surface area contributed by atoms with Crippen LogP contribution in [0.4, 0.5) is 10.8 Å². The van der Waals surface area contributed by atoms with Crippen molar-refractivity contribution in [2.24, 2.45) is 0 Å². The maximum Gasteiger partial charge on any atom is 0.290 e. The van der Waals surface area contributed by atoms with Gasteiger partial charge >= 0.3 is 0 Å². The van der Waals surface area contributed by atoms with Gasteiger partial charge in [0.25, 0.3) is 6.47 Å². The van der Waals surface area contributed by atoms with E-state index >= 15 is 0 Å². The number of nitrogens with zero attached hydrogens (tertiary/aromatic N) is 4. The number of carbonyl (C=O) groups is 1. The second-order valence-electron chi connectivity index (χ2n) is 4.67. The fraction of sp³-hybridized carbons (Fsp3) is 0.267. The molecule has 1 atom stereocenters. The summed E-state index contributed by atoms with van der Waals surface area (Å²) in [5, 5.41) is 20.7. The summed E-state index contributed by atoms with van der Waals surface area (Å²) in [7, 11) is 3.24. The zero-order valence-electron chi connectivity index (χ0n) is 13.8. The molecule has 2 N–H and O–H groups in total. The number of anilines is 2. The lowest BCUT2D eigenvalue weighted by molar-refractivity contribution is -0.122. The summed E-state index contributed by atoms with van der Waals surface area (Å²) < 4.78 is 10.5. The number of fused-ring (bicyclic) bond motifs is 1. The molecule has 0 aliphatic carbocycles. The average Bonchev–Trinajstić information content (AvgIpc) is 3.09. The Morgan fingerprint density at radius 2 is 2.04 bits per heavy atom. The van der Waals surface area contributed by atoms with E-state index in [1.54, 1.807) is 14.2 Å². The molecule has 25 heavy (non-hydrogen) atoms. The molecule has 1 aromatic carbocycles. The zero-order chi connectivity index (χ0) is 18.2. The summed E-state index contributed by atoms with van der Waals surface area (Å²) in [4.78, 5) is 16.7. The van der Waals surface area contributed by atoms with E-state index in [0.717, 1.165) is 21.6 Å². The van der Waals surface area contributed by atoms with Gasteiger partial charge < -0.3 is 19.9 Å². The Balaban J connectivity index is 0.000000701. The number of hydrogen-bond donors (Lipinski definition) is 2. The topological polar surface area (TPSA) is 119 Å². The van der Waals surface area contributed by atoms with Crippen LogP contribution in [-0.4, -0.2) is 46.0 Å². The third-order valence-electron chi connectivity index (χ3n) is 3.19. The summed E-state index contributed by atoms with van der Waals surface area (Å²) >= 11 is 1.45. The standard InChI is InChI=1S/C14H15N5O2S.CH2O2/c1-8(20-2)13-18-19-14(22-13)17-9-4-5-11-10(6-9)12(21-3)16-7-15-11;2-1-3/h4-8H,1-3H3,(H,17,19);1H,(H,2,3). The Labute approximate surface area is 147 Å². The molecule has 3 rings (SSSR count). The third kappa shape index (κ3) is 4.58. The Bertz CT molecular complexity index is 842. The second kappa shape index (κ2) is 8.85. The summed E-state index contributed by atoms with van der Waals surface area (Å²) in [5.74, 6) is 0.541. The molecule has 0 saturated heterocycles. The maximum atomic E-state index is 8.36. The first-order valence-electron chi connectivity index (χ1n) is 7.12. The Hall–Kier alpha value is -2.85. The van der Waals surface area contributed by atoms with Crippen molar-refractivity contribution in [2.45, 2.75) is 13.0 Å². The molecule has 9 nitrogen and oxygen atoms in total. The molecule has 0 fully saturated rings. The number of ether oxygens (including phenoxy) is 2. The molecule has 0 spiro atoms. The zero-order valence-corrected chi connectivity index (χ0v) is 14.6. The van der Waals surface area contributed by atoms with E-state index in [-0.39, 0.29) is 12.6 Å². The highest BCUT2D eigenvalue weighted by Gasteiger charge is 2.12. The van der Waals surface area contributed by atoms with Crippen molar-refractivity contribution in [3.63, 3.8) is 0 Å². The van der Waals surface area contributed by atoms with Gasteiger partial charge in [-0.25, -0.2) is 9.97 Å². The van der Waals surface area contributed by atoms with Gasteiger partial charge in [-0.15, -0.1) is 10.2 Å². The van der Waals surface area contributed by atoms with Crippen molar-refractivity contribution in [2.75, 3.05) is 19.5 Å². The van der Waals surface area contributed by atoms with E-state index in [1.807, 2.05) is 25.1 Å².